The SMILES string of the molecule is Cc1cc(C(C)N)c2oc(N3C[C@@H](C)O[C@@H](C)C3)cc(=O)c2c1. The van der Waals surface area contributed by atoms with Gasteiger partial charge in [0.1, 0.15) is 5.58 Å². The van der Waals surface area contributed by atoms with Gasteiger partial charge in [0.05, 0.1) is 17.6 Å². The second-order valence-corrected chi connectivity index (χ2v) is 6.63. The van der Waals surface area contributed by atoms with Crippen molar-refractivity contribution in [1.82, 2.24) is 0 Å². The minimum atomic E-state index is -0.196. The first-order valence-electron chi connectivity index (χ1n) is 8.09. The molecule has 2 aromatic rings. The molecule has 2 heterocycles. The van der Waals surface area contributed by atoms with Gasteiger partial charge in [-0.3, -0.25) is 4.79 Å². The molecule has 0 bridgehead atoms. The van der Waals surface area contributed by atoms with Crippen LogP contribution in [0.15, 0.2) is 27.4 Å². The molecule has 1 fully saturated rings. The van der Waals surface area contributed by atoms with E-state index in [1.165, 1.54) is 0 Å². The van der Waals surface area contributed by atoms with Crippen LogP contribution >= 0.6 is 0 Å². The van der Waals surface area contributed by atoms with Crippen molar-refractivity contribution >= 4 is 16.9 Å². The fourth-order valence-electron chi connectivity index (χ4n) is 3.27. The third-order valence-corrected chi connectivity index (χ3v) is 4.21. The van der Waals surface area contributed by atoms with Crippen molar-refractivity contribution in [2.75, 3.05) is 18.0 Å². The zero-order valence-electron chi connectivity index (χ0n) is 14.1. The molecule has 1 aromatic heterocycles. The van der Waals surface area contributed by atoms with Crippen LogP contribution < -0.4 is 16.1 Å². The zero-order valence-corrected chi connectivity index (χ0v) is 14.1. The molecule has 0 aliphatic carbocycles. The van der Waals surface area contributed by atoms with Crippen molar-refractivity contribution in [2.24, 2.45) is 5.73 Å². The summed E-state index contributed by atoms with van der Waals surface area (Å²) in [5, 5.41) is 0.593. The van der Waals surface area contributed by atoms with Gasteiger partial charge < -0.3 is 19.8 Å². The van der Waals surface area contributed by atoms with Crippen LogP contribution in [0.4, 0.5) is 5.88 Å². The quantitative estimate of drug-likeness (QED) is 0.922. The van der Waals surface area contributed by atoms with Crippen molar-refractivity contribution < 1.29 is 9.15 Å². The molecular weight excluding hydrogens is 292 g/mol. The minimum absolute atomic E-state index is 0.0290. The van der Waals surface area contributed by atoms with Crippen LogP contribution in [0, 0.1) is 6.92 Å². The number of nitrogens with two attached hydrogens (primary N) is 1. The van der Waals surface area contributed by atoms with Crippen LogP contribution in [-0.4, -0.2) is 25.3 Å². The lowest BCUT2D eigenvalue weighted by Crippen LogP contribution is -2.45. The second-order valence-electron chi connectivity index (χ2n) is 6.63. The Morgan fingerprint density at radius 1 is 1.22 bits per heavy atom. The lowest BCUT2D eigenvalue weighted by Gasteiger charge is -2.35. The van der Waals surface area contributed by atoms with Gasteiger partial charge in [-0.1, -0.05) is 6.07 Å². The van der Waals surface area contributed by atoms with Gasteiger partial charge in [-0.05, 0) is 39.3 Å². The summed E-state index contributed by atoms with van der Waals surface area (Å²) in [4.78, 5) is 14.6. The van der Waals surface area contributed by atoms with Crippen molar-refractivity contribution in [3.8, 4) is 0 Å². The molecule has 0 spiro atoms. The Kier molecular flexibility index (Phi) is 4.17. The van der Waals surface area contributed by atoms with Crippen LogP contribution in [-0.2, 0) is 4.74 Å². The number of aryl methyl sites for hydroxylation is 1. The number of morpholine rings is 1. The van der Waals surface area contributed by atoms with E-state index in [2.05, 4.69) is 4.90 Å². The first-order chi connectivity index (χ1) is 10.8. The molecule has 1 unspecified atom stereocenters. The monoisotopic (exact) mass is 316 g/mol. The molecule has 5 heteroatoms. The van der Waals surface area contributed by atoms with E-state index in [-0.39, 0.29) is 23.7 Å². The molecule has 2 N–H and O–H groups in total. The summed E-state index contributed by atoms with van der Waals surface area (Å²) in [6.07, 6.45) is 0.205. The molecule has 1 aromatic carbocycles. The highest BCUT2D eigenvalue weighted by Gasteiger charge is 2.25. The third-order valence-electron chi connectivity index (χ3n) is 4.21. The van der Waals surface area contributed by atoms with E-state index in [4.69, 9.17) is 14.9 Å². The fraction of sp³-hybridized carbons (Fsp3) is 0.500. The first-order valence-corrected chi connectivity index (χ1v) is 8.09. The van der Waals surface area contributed by atoms with Crippen LogP contribution in [0.2, 0.25) is 0 Å². The lowest BCUT2D eigenvalue weighted by molar-refractivity contribution is -0.00638. The summed E-state index contributed by atoms with van der Waals surface area (Å²) >= 11 is 0. The Labute approximate surface area is 136 Å². The number of hydrogen-bond acceptors (Lipinski definition) is 5. The molecule has 1 aliphatic rings. The zero-order chi connectivity index (χ0) is 16.7. The highest BCUT2D eigenvalue weighted by Crippen LogP contribution is 2.28. The Morgan fingerprint density at radius 3 is 2.48 bits per heavy atom. The predicted octanol–water partition coefficient (Wildman–Crippen LogP) is 2.73. The molecule has 3 atom stereocenters. The maximum Gasteiger partial charge on any atom is 0.200 e. The van der Waals surface area contributed by atoms with Gasteiger partial charge in [0.25, 0.3) is 0 Å². The Balaban J connectivity index is 2.15. The maximum atomic E-state index is 12.6. The summed E-state index contributed by atoms with van der Waals surface area (Å²) < 4.78 is 11.9. The van der Waals surface area contributed by atoms with Crippen molar-refractivity contribution in [1.29, 1.82) is 0 Å². The van der Waals surface area contributed by atoms with E-state index in [1.807, 2.05) is 39.8 Å². The molecule has 3 rings (SSSR count). The molecule has 124 valence electrons. The van der Waals surface area contributed by atoms with Crippen LogP contribution in [0.25, 0.3) is 11.0 Å². The van der Waals surface area contributed by atoms with Gasteiger partial charge in [0.2, 0.25) is 0 Å². The summed E-state index contributed by atoms with van der Waals surface area (Å²) in [6, 6.07) is 5.24. The predicted molar refractivity (Wildman–Crippen MR) is 92.0 cm³/mol. The van der Waals surface area contributed by atoms with Gasteiger partial charge in [0, 0.05) is 30.8 Å². The highest BCUT2D eigenvalue weighted by molar-refractivity contribution is 5.82. The first kappa shape index (κ1) is 16.0. The second kappa shape index (κ2) is 5.98. The molecule has 0 saturated carbocycles. The summed E-state index contributed by atoms with van der Waals surface area (Å²) in [5.41, 5.74) is 8.53. The summed E-state index contributed by atoms with van der Waals surface area (Å²) in [5.74, 6) is 0.593. The summed E-state index contributed by atoms with van der Waals surface area (Å²) in [7, 11) is 0. The lowest BCUT2D eigenvalue weighted by atomic mass is 10.0. The molecule has 5 nitrogen and oxygen atoms in total. The molecular formula is C18H24N2O3. The van der Waals surface area contributed by atoms with Gasteiger partial charge in [-0.2, -0.15) is 0 Å². The standard InChI is InChI=1S/C18H24N2O3/c1-10-5-14(13(4)19)18-15(6-10)16(21)7-17(23-18)20-8-11(2)22-12(3)9-20/h5-7,11-13H,8-9,19H2,1-4H3/t11-,12+,13?. The van der Waals surface area contributed by atoms with E-state index >= 15 is 0 Å². The number of nitrogens with zero attached hydrogens (tertiary/aromatic N) is 1. The number of ether oxygens (including phenoxy) is 1. The van der Waals surface area contributed by atoms with Gasteiger partial charge >= 0.3 is 0 Å². The average molecular weight is 316 g/mol. The van der Waals surface area contributed by atoms with E-state index < -0.39 is 0 Å². The minimum Gasteiger partial charge on any atom is -0.440 e. The normalized spacial score (nSPS) is 23.3. The van der Waals surface area contributed by atoms with E-state index in [0.717, 1.165) is 11.1 Å². The Bertz CT molecular complexity index is 772. The van der Waals surface area contributed by atoms with Gasteiger partial charge in [-0.25, -0.2) is 0 Å². The van der Waals surface area contributed by atoms with Crippen molar-refractivity contribution in [3.05, 3.63) is 39.5 Å². The average Bonchev–Trinajstić information content (AvgIpc) is 2.46. The third kappa shape index (κ3) is 3.12. The number of anilines is 1. The molecule has 23 heavy (non-hydrogen) atoms. The Hall–Kier alpha value is -1.85. The molecule has 0 radical (unpaired) electrons. The smallest absolute Gasteiger partial charge is 0.200 e. The maximum absolute atomic E-state index is 12.6. The molecule has 1 aliphatic heterocycles. The summed E-state index contributed by atoms with van der Waals surface area (Å²) in [6.45, 7) is 9.33. The number of rotatable bonds is 2. The molecule has 1 saturated heterocycles. The highest BCUT2D eigenvalue weighted by atomic mass is 16.5. The van der Waals surface area contributed by atoms with E-state index in [9.17, 15) is 4.79 Å². The molecule has 0 amide bonds. The van der Waals surface area contributed by atoms with Crippen LogP contribution in [0.5, 0.6) is 0 Å². The van der Waals surface area contributed by atoms with Crippen LogP contribution in [0.3, 0.4) is 0 Å². The van der Waals surface area contributed by atoms with Crippen LogP contribution in [0.1, 0.15) is 37.9 Å². The Morgan fingerprint density at radius 2 is 1.87 bits per heavy atom. The van der Waals surface area contributed by atoms with Gasteiger partial charge in [-0.15, -0.1) is 0 Å². The largest absolute Gasteiger partial charge is 0.440 e. The van der Waals surface area contributed by atoms with Crippen molar-refractivity contribution in [2.45, 2.75) is 45.9 Å². The van der Waals surface area contributed by atoms with E-state index in [1.54, 1.807) is 6.07 Å². The van der Waals surface area contributed by atoms with Crippen molar-refractivity contribution in [3.63, 3.8) is 0 Å². The number of fused-ring (bicyclic) bond motifs is 1. The number of hydrogen-bond donors (Lipinski definition) is 1. The van der Waals surface area contributed by atoms with E-state index in [0.29, 0.717) is 29.9 Å². The topological polar surface area (TPSA) is 68.7 Å². The van der Waals surface area contributed by atoms with Gasteiger partial charge in [0.15, 0.2) is 11.3 Å². The fourth-order valence-corrected chi connectivity index (χ4v) is 3.27. The number of benzene rings is 1.